The fourth-order valence-electron chi connectivity index (χ4n) is 4.77. The number of rotatable bonds is 1. The van der Waals surface area contributed by atoms with Gasteiger partial charge in [0.15, 0.2) is 0 Å². The first-order valence-electron chi connectivity index (χ1n) is 9.30. The smallest absolute Gasteiger partial charge is 0.410 e. The third-order valence-electron chi connectivity index (χ3n) is 5.58. The lowest BCUT2D eigenvalue weighted by atomic mass is 9.94. The van der Waals surface area contributed by atoms with E-state index in [1.807, 2.05) is 20.8 Å². The van der Waals surface area contributed by atoms with Crippen LogP contribution in [-0.4, -0.2) is 94.8 Å². The predicted molar refractivity (Wildman–Crippen MR) is 90.5 cm³/mol. The number of ether oxygens (including phenoxy) is 1. The van der Waals surface area contributed by atoms with Gasteiger partial charge in [-0.25, -0.2) is 28.8 Å². The van der Waals surface area contributed by atoms with Crippen LogP contribution in [0.15, 0.2) is 0 Å². The molecule has 0 aromatic carbocycles. The fourth-order valence-corrected chi connectivity index (χ4v) is 4.77. The number of carbonyl (C=O) groups is 2. The van der Waals surface area contributed by atoms with E-state index in [-0.39, 0.29) is 12.0 Å². The molecular formula is C17H30N5O3+. The van der Waals surface area contributed by atoms with Gasteiger partial charge in [-0.1, -0.05) is 0 Å². The fraction of sp³-hybridized carbons (Fsp3) is 0.882. The van der Waals surface area contributed by atoms with Crippen molar-refractivity contribution in [1.29, 1.82) is 0 Å². The number of likely N-dealkylation sites (tertiary alicyclic amines) is 1. The molecule has 5 aliphatic heterocycles. The average Bonchev–Trinajstić information content (AvgIpc) is 2.51. The van der Waals surface area contributed by atoms with Gasteiger partial charge in [0.1, 0.15) is 25.6 Å². The number of piperidine rings is 1. The summed E-state index contributed by atoms with van der Waals surface area (Å²) >= 11 is 0. The maximum absolute atomic E-state index is 13.3. The van der Waals surface area contributed by atoms with Gasteiger partial charge in [0.2, 0.25) is 0 Å². The number of quaternary nitrogens is 1. The number of hydrogen-bond acceptors (Lipinski definition) is 6. The van der Waals surface area contributed by atoms with E-state index < -0.39 is 5.60 Å². The van der Waals surface area contributed by atoms with Crippen LogP contribution in [0.3, 0.4) is 0 Å². The Hall–Kier alpha value is -1.22. The average molecular weight is 352 g/mol. The Morgan fingerprint density at radius 1 is 0.920 bits per heavy atom. The summed E-state index contributed by atoms with van der Waals surface area (Å²) in [5, 5.41) is 0. The molecule has 5 heterocycles. The van der Waals surface area contributed by atoms with Crippen molar-refractivity contribution in [3.05, 3.63) is 0 Å². The first-order chi connectivity index (χ1) is 11.7. The first kappa shape index (κ1) is 17.2. The van der Waals surface area contributed by atoms with E-state index in [9.17, 15) is 9.59 Å². The topological polar surface area (TPSA) is 56.3 Å². The Labute approximate surface area is 149 Å². The number of amides is 2. The van der Waals surface area contributed by atoms with Crippen LogP contribution >= 0.6 is 0 Å². The van der Waals surface area contributed by atoms with Gasteiger partial charge in [0.05, 0.1) is 25.9 Å². The van der Waals surface area contributed by atoms with Gasteiger partial charge in [-0.05, 0) is 33.6 Å². The van der Waals surface area contributed by atoms with E-state index >= 15 is 0 Å². The Morgan fingerprint density at radius 2 is 1.40 bits per heavy atom. The van der Waals surface area contributed by atoms with E-state index in [0.29, 0.717) is 23.5 Å². The highest BCUT2D eigenvalue weighted by atomic mass is 16.6. The van der Waals surface area contributed by atoms with Crippen molar-refractivity contribution in [2.45, 2.75) is 39.2 Å². The van der Waals surface area contributed by atoms with Gasteiger partial charge in [-0.2, -0.15) is 0 Å². The summed E-state index contributed by atoms with van der Waals surface area (Å²) in [4.78, 5) is 34.4. The van der Waals surface area contributed by atoms with Gasteiger partial charge in [-0.15, -0.1) is 0 Å². The molecule has 0 spiro atoms. The second-order valence-corrected chi connectivity index (χ2v) is 9.09. The molecule has 5 fully saturated rings. The van der Waals surface area contributed by atoms with Gasteiger partial charge in [0, 0.05) is 13.1 Å². The molecule has 8 nitrogen and oxygen atoms in total. The van der Waals surface area contributed by atoms with Crippen molar-refractivity contribution in [3.8, 4) is 0 Å². The lowest BCUT2D eigenvalue weighted by Crippen LogP contribution is -2.81. The van der Waals surface area contributed by atoms with Crippen LogP contribution in [-0.2, 0) is 9.53 Å². The van der Waals surface area contributed by atoms with E-state index in [2.05, 4.69) is 14.7 Å². The Balaban J connectivity index is 1.37. The van der Waals surface area contributed by atoms with Gasteiger partial charge < -0.3 is 9.64 Å². The van der Waals surface area contributed by atoms with Crippen LogP contribution in [0.5, 0.6) is 0 Å². The van der Waals surface area contributed by atoms with Crippen LogP contribution in [0.2, 0.25) is 0 Å². The van der Waals surface area contributed by atoms with Gasteiger partial charge >= 0.3 is 12.0 Å². The van der Waals surface area contributed by atoms with Crippen LogP contribution in [0, 0.1) is 5.92 Å². The molecule has 0 N–H and O–H groups in total. The summed E-state index contributed by atoms with van der Waals surface area (Å²) in [6, 6.07) is 0. The van der Waals surface area contributed by atoms with E-state index in [1.165, 1.54) is 0 Å². The van der Waals surface area contributed by atoms with E-state index in [1.54, 1.807) is 4.90 Å². The van der Waals surface area contributed by atoms with E-state index in [4.69, 9.17) is 4.74 Å². The molecule has 8 heteroatoms. The van der Waals surface area contributed by atoms with Crippen molar-refractivity contribution >= 4 is 12.0 Å². The standard InChI is InChI=1S/C17H30N5O3/c1-17(2,3)25-16(24)21-6-4-14(5-7-21)15(23)22-11-18-8-19(12-22)10-20(9-18)13-22/h14H,4-13H2,1-3H3/q+1. The summed E-state index contributed by atoms with van der Waals surface area (Å²) in [6.07, 6.45) is 1.24. The molecule has 5 aliphatic rings. The molecule has 0 aliphatic carbocycles. The summed E-state index contributed by atoms with van der Waals surface area (Å²) < 4.78 is 6.00. The predicted octanol–water partition coefficient (Wildman–Crippen LogP) is 0.669. The van der Waals surface area contributed by atoms with Crippen molar-refractivity contribution in [2.75, 3.05) is 53.1 Å². The van der Waals surface area contributed by atoms with E-state index in [0.717, 1.165) is 52.9 Å². The second kappa shape index (κ2) is 5.90. The van der Waals surface area contributed by atoms with Crippen molar-refractivity contribution in [1.82, 2.24) is 19.6 Å². The monoisotopic (exact) mass is 352 g/mol. The number of nitrogens with zero attached hydrogens (tertiary/aromatic N) is 5. The molecule has 5 saturated heterocycles. The first-order valence-corrected chi connectivity index (χ1v) is 9.30. The summed E-state index contributed by atoms with van der Waals surface area (Å²) in [6.45, 7) is 12.4. The molecule has 0 saturated carbocycles. The summed E-state index contributed by atoms with van der Waals surface area (Å²) in [5.41, 5.74) is -0.475. The highest BCUT2D eigenvalue weighted by Crippen LogP contribution is 2.33. The molecule has 140 valence electrons. The Morgan fingerprint density at radius 3 is 1.84 bits per heavy atom. The largest absolute Gasteiger partial charge is 0.444 e. The zero-order valence-electron chi connectivity index (χ0n) is 15.6. The van der Waals surface area contributed by atoms with Crippen LogP contribution in [0.25, 0.3) is 0 Å². The molecule has 0 aromatic heterocycles. The Kier molecular flexibility index (Phi) is 4.06. The minimum absolute atomic E-state index is 0.0542. The number of hydrogen-bond donors (Lipinski definition) is 0. The lowest BCUT2D eigenvalue weighted by Gasteiger charge is -2.59. The molecule has 25 heavy (non-hydrogen) atoms. The molecule has 0 unspecified atom stereocenters. The van der Waals surface area contributed by atoms with Crippen LogP contribution in [0.4, 0.5) is 4.79 Å². The van der Waals surface area contributed by atoms with Gasteiger partial charge in [-0.3, -0.25) is 0 Å². The van der Waals surface area contributed by atoms with Crippen molar-refractivity contribution in [3.63, 3.8) is 0 Å². The number of carbonyl (C=O) groups excluding carboxylic acids is 2. The molecule has 4 bridgehead atoms. The minimum Gasteiger partial charge on any atom is -0.444 e. The maximum atomic E-state index is 13.3. The van der Waals surface area contributed by atoms with Crippen LogP contribution in [0.1, 0.15) is 33.6 Å². The third-order valence-corrected chi connectivity index (χ3v) is 5.58. The van der Waals surface area contributed by atoms with Crippen LogP contribution < -0.4 is 0 Å². The summed E-state index contributed by atoms with van der Waals surface area (Å²) in [5.74, 6) is 0.418. The Bertz CT molecular complexity index is 530. The quantitative estimate of drug-likeness (QED) is 0.647. The minimum atomic E-state index is -0.475. The van der Waals surface area contributed by atoms with Crippen molar-refractivity contribution in [2.24, 2.45) is 5.92 Å². The highest BCUT2D eigenvalue weighted by Gasteiger charge is 2.54. The third kappa shape index (κ3) is 3.28. The lowest BCUT2D eigenvalue weighted by molar-refractivity contribution is -0.916. The second-order valence-electron chi connectivity index (χ2n) is 9.09. The summed E-state index contributed by atoms with van der Waals surface area (Å²) in [7, 11) is 0. The molecule has 0 aromatic rings. The highest BCUT2D eigenvalue weighted by molar-refractivity contribution is 5.73. The molecular weight excluding hydrogens is 322 g/mol. The zero-order valence-corrected chi connectivity index (χ0v) is 15.6. The normalized spacial score (nSPS) is 38.0. The molecule has 0 radical (unpaired) electrons. The molecule has 5 rings (SSSR count). The van der Waals surface area contributed by atoms with Gasteiger partial charge in [0.25, 0.3) is 0 Å². The van der Waals surface area contributed by atoms with Crippen molar-refractivity contribution < 1.29 is 18.8 Å². The zero-order chi connectivity index (χ0) is 17.8. The molecule has 2 amide bonds. The maximum Gasteiger partial charge on any atom is 0.410 e. The molecule has 0 atom stereocenters. The SMILES string of the molecule is CC(C)(C)OC(=O)N1CCC(C(=O)[N+]23CN4CN(CN(C4)C2)C3)CC1.